The molecule has 2 atom stereocenters. The number of urea groups is 1. The molecule has 2 aliphatic rings. The van der Waals surface area contributed by atoms with Crippen LogP contribution in [-0.2, 0) is 4.74 Å². The number of benzene rings is 1. The first-order valence-corrected chi connectivity index (χ1v) is 8.15. The van der Waals surface area contributed by atoms with Gasteiger partial charge in [-0.1, -0.05) is 18.2 Å². The van der Waals surface area contributed by atoms with Crippen LogP contribution in [0.4, 0.5) is 4.79 Å². The zero-order chi connectivity index (χ0) is 13.8. The fourth-order valence-electron chi connectivity index (χ4n) is 2.68. The van der Waals surface area contributed by atoms with Gasteiger partial charge < -0.3 is 15.4 Å². The summed E-state index contributed by atoms with van der Waals surface area (Å²) in [4.78, 5) is 13.3. The van der Waals surface area contributed by atoms with Crippen LogP contribution in [0.15, 0.2) is 29.2 Å². The number of thioether (sulfide) groups is 1. The first-order valence-electron chi connectivity index (χ1n) is 7.17. The molecular weight excluding hydrogens is 272 g/mol. The first kappa shape index (κ1) is 13.8. The SMILES string of the molecule is O=C(NC[C@H]1CCOC1)N[C@H]1CCSc2ccccc21. The fraction of sp³-hybridized carbons (Fsp3) is 0.533. The molecule has 3 rings (SSSR count). The summed E-state index contributed by atoms with van der Waals surface area (Å²) in [7, 11) is 0. The Morgan fingerprint density at radius 3 is 3.10 bits per heavy atom. The Morgan fingerprint density at radius 1 is 1.35 bits per heavy atom. The molecule has 4 nitrogen and oxygen atoms in total. The molecule has 108 valence electrons. The maximum absolute atomic E-state index is 12.0. The number of hydrogen-bond donors (Lipinski definition) is 2. The Morgan fingerprint density at radius 2 is 2.25 bits per heavy atom. The van der Waals surface area contributed by atoms with Crippen molar-refractivity contribution >= 4 is 17.8 Å². The highest BCUT2D eigenvalue weighted by Crippen LogP contribution is 2.35. The first-order chi connectivity index (χ1) is 9.83. The van der Waals surface area contributed by atoms with Crippen molar-refractivity contribution in [3.63, 3.8) is 0 Å². The summed E-state index contributed by atoms with van der Waals surface area (Å²) in [6.07, 6.45) is 2.03. The lowest BCUT2D eigenvalue weighted by Gasteiger charge is -2.26. The topological polar surface area (TPSA) is 50.4 Å². The summed E-state index contributed by atoms with van der Waals surface area (Å²) >= 11 is 1.87. The van der Waals surface area contributed by atoms with Gasteiger partial charge in [-0.25, -0.2) is 4.79 Å². The minimum Gasteiger partial charge on any atom is -0.381 e. The molecule has 2 heterocycles. The van der Waals surface area contributed by atoms with Crippen molar-refractivity contribution in [3.05, 3.63) is 29.8 Å². The van der Waals surface area contributed by atoms with Crippen molar-refractivity contribution in [1.82, 2.24) is 10.6 Å². The minimum atomic E-state index is -0.0661. The van der Waals surface area contributed by atoms with Crippen LogP contribution in [0.2, 0.25) is 0 Å². The number of hydrogen-bond acceptors (Lipinski definition) is 3. The molecule has 1 aromatic rings. The van der Waals surface area contributed by atoms with Gasteiger partial charge >= 0.3 is 6.03 Å². The number of fused-ring (bicyclic) bond motifs is 1. The molecule has 0 spiro atoms. The van der Waals surface area contributed by atoms with Gasteiger partial charge in [0.15, 0.2) is 0 Å². The molecule has 2 aliphatic heterocycles. The van der Waals surface area contributed by atoms with E-state index in [-0.39, 0.29) is 12.1 Å². The normalized spacial score (nSPS) is 25.0. The van der Waals surface area contributed by atoms with Crippen LogP contribution in [0.25, 0.3) is 0 Å². The van der Waals surface area contributed by atoms with Crippen LogP contribution in [-0.4, -0.2) is 31.5 Å². The van der Waals surface area contributed by atoms with Crippen LogP contribution in [0.1, 0.15) is 24.4 Å². The van der Waals surface area contributed by atoms with Crippen molar-refractivity contribution in [3.8, 4) is 0 Å². The van der Waals surface area contributed by atoms with Gasteiger partial charge in [0.25, 0.3) is 0 Å². The molecule has 0 aromatic heterocycles. The number of rotatable bonds is 3. The standard InChI is InChI=1S/C15H20N2O2S/c18-15(16-9-11-5-7-19-10-11)17-13-6-8-20-14-4-2-1-3-12(13)14/h1-4,11,13H,5-10H2,(H2,16,17,18)/t11-,13+/m1/s1. The molecule has 2 N–H and O–H groups in total. The van der Waals surface area contributed by atoms with E-state index < -0.39 is 0 Å². The van der Waals surface area contributed by atoms with Crippen LogP contribution in [0.5, 0.6) is 0 Å². The van der Waals surface area contributed by atoms with Crippen LogP contribution >= 0.6 is 11.8 Å². The van der Waals surface area contributed by atoms with Crippen LogP contribution in [0.3, 0.4) is 0 Å². The van der Waals surface area contributed by atoms with E-state index >= 15 is 0 Å². The Hall–Kier alpha value is -1.20. The second-order valence-electron chi connectivity index (χ2n) is 5.31. The average Bonchev–Trinajstić information content (AvgIpc) is 2.99. The monoisotopic (exact) mass is 292 g/mol. The molecule has 20 heavy (non-hydrogen) atoms. The van der Waals surface area contributed by atoms with Gasteiger partial charge in [-0.2, -0.15) is 0 Å². The lowest BCUT2D eigenvalue weighted by atomic mass is 10.0. The maximum atomic E-state index is 12.0. The van der Waals surface area contributed by atoms with Crippen molar-refractivity contribution in [2.24, 2.45) is 5.92 Å². The van der Waals surface area contributed by atoms with E-state index in [0.29, 0.717) is 12.5 Å². The van der Waals surface area contributed by atoms with Crippen LogP contribution in [0, 0.1) is 5.92 Å². The van der Waals surface area contributed by atoms with Crippen molar-refractivity contribution in [1.29, 1.82) is 0 Å². The summed E-state index contributed by atoms with van der Waals surface area (Å²) < 4.78 is 5.31. The van der Waals surface area contributed by atoms with Gasteiger partial charge in [-0.05, 0) is 24.5 Å². The molecule has 0 bridgehead atoms. The Balaban J connectivity index is 1.54. The lowest BCUT2D eigenvalue weighted by Crippen LogP contribution is -2.41. The predicted molar refractivity (Wildman–Crippen MR) is 80.0 cm³/mol. The molecule has 2 amide bonds. The Labute approximate surface area is 123 Å². The van der Waals surface area contributed by atoms with E-state index in [1.165, 1.54) is 10.5 Å². The second-order valence-corrected chi connectivity index (χ2v) is 6.45. The maximum Gasteiger partial charge on any atom is 0.315 e. The quantitative estimate of drug-likeness (QED) is 0.900. The molecule has 0 aliphatic carbocycles. The third kappa shape index (κ3) is 3.27. The van der Waals surface area contributed by atoms with Crippen LogP contribution < -0.4 is 10.6 Å². The third-order valence-corrected chi connectivity index (χ3v) is 4.96. The van der Waals surface area contributed by atoms with Gasteiger partial charge in [-0.3, -0.25) is 0 Å². The average molecular weight is 292 g/mol. The zero-order valence-electron chi connectivity index (χ0n) is 11.4. The minimum absolute atomic E-state index is 0.0661. The number of carbonyl (C=O) groups excluding carboxylic acids is 1. The largest absolute Gasteiger partial charge is 0.381 e. The summed E-state index contributed by atoms with van der Waals surface area (Å²) in [5, 5.41) is 6.06. The van der Waals surface area contributed by atoms with E-state index in [1.807, 2.05) is 23.9 Å². The lowest BCUT2D eigenvalue weighted by molar-refractivity contribution is 0.185. The highest BCUT2D eigenvalue weighted by molar-refractivity contribution is 7.99. The smallest absolute Gasteiger partial charge is 0.315 e. The van der Waals surface area contributed by atoms with Gasteiger partial charge in [0.2, 0.25) is 0 Å². The number of nitrogens with one attached hydrogen (secondary N) is 2. The van der Waals surface area contributed by atoms with Gasteiger partial charge in [0.05, 0.1) is 12.6 Å². The molecule has 0 unspecified atom stereocenters. The fourth-order valence-corrected chi connectivity index (χ4v) is 3.81. The van der Waals surface area contributed by atoms with Gasteiger partial charge in [0, 0.05) is 29.7 Å². The number of ether oxygens (including phenoxy) is 1. The number of carbonyl (C=O) groups is 1. The molecule has 1 aromatic carbocycles. The van der Waals surface area contributed by atoms with Crippen molar-refractivity contribution in [2.45, 2.75) is 23.8 Å². The summed E-state index contributed by atoms with van der Waals surface area (Å²) in [6.45, 7) is 2.29. The summed E-state index contributed by atoms with van der Waals surface area (Å²) in [6, 6.07) is 8.39. The highest BCUT2D eigenvalue weighted by atomic mass is 32.2. The third-order valence-electron chi connectivity index (χ3n) is 3.84. The second kappa shape index (κ2) is 6.50. The molecule has 5 heteroatoms. The zero-order valence-corrected chi connectivity index (χ0v) is 12.2. The predicted octanol–water partition coefficient (Wildman–Crippen LogP) is 2.56. The summed E-state index contributed by atoms with van der Waals surface area (Å²) in [5.41, 5.74) is 1.24. The molecule has 0 radical (unpaired) electrons. The molecule has 0 saturated carbocycles. The Bertz CT molecular complexity index is 475. The molecule has 1 fully saturated rings. The van der Waals surface area contributed by atoms with Gasteiger partial charge in [-0.15, -0.1) is 11.8 Å². The summed E-state index contributed by atoms with van der Waals surface area (Å²) in [5.74, 6) is 1.52. The van der Waals surface area contributed by atoms with E-state index in [2.05, 4.69) is 22.8 Å². The molecular formula is C15H20N2O2S. The van der Waals surface area contributed by atoms with Crippen molar-refractivity contribution < 1.29 is 9.53 Å². The molecule has 1 saturated heterocycles. The van der Waals surface area contributed by atoms with E-state index in [4.69, 9.17) is 4.74 Å². The van der Waals surface area contributed by atoms with Gasteiger partial charge in [0.1, 0.15) is 0 Å². The van der Waals surface area contributed by atoms with Crippen molar-refractivity contribution in [2.75, 3.05) is 25.5 Å². The van der Waals surface area contributed by atoms with E-state index in [9.17, 15) is 4.79 Å². The van der Waals surface area contributed by atoms with E-state index in [0.717, 1.165) is 31.8 Å². The Kier molecular flexibility index (Phi) is 4.47. The highest BCUT2D eigenvalue weighted by Gasteiger charge is 2.22. The number of amides is 2. The van der Waals surface area contributed by atoms with E-state index in [1.54, 1.807) is 0 Å².